The Hall–Kier alpha value is -1.12. The van der Waals surface area contributed by atoms with Gasteiger partial charge in [-0.25, -0.2) is 0 Å². The third-order valence-corrected chi connectivity index (χ3v) is 2.48. The molecule has 0 spiro atoms. The van der Waals surface area contributed by atoms with E-state index in [-0.39, 0.29) is 12.6 Å². The number of aliphatic hydroxyl groups excluding tert-OH is 1. The van der Waals surface area contributed by atoms with Gasteiger partial charge in [-0.1, -0.05) is 49.4 Å². The summed E-state index contributed by atoms with van der Waals surface area (Å²) in [5.74, 6) is 0. The van der Waals surface area contributed by atoms with Crippen LogP contribution in [0.2, 0.25) is 0 Å². The van der Waals surface area contributed by atoms with Crippen LogP contribution in [0, 0.1) is 0 Å². The molecule has 0 amide bonds. The number of benzene rings is 1. The van der Waals surface area contributed by atoms with Crippen molar-refractivity contribution in [1.82, 2.24) is 5.32 Å². The number of hydrogen-bond acceptors (Lipinski definition) is 2. The van der Waals surface area contributed by atoms with Gasteiger partial charge in [0, 0.05) is 6.54 Å². The highest BCUT2D eigenvalue weighted by Crippen LogP contribution is 2.11. The van der Waals surface area contributed by atoms with E-state index in [9.17, 15) is 5.11 Å². The van der Waals surface area contributed by atoms with E-state index in [0.29, 0.717) is 0 Å². The Bertz CT molecular complexity index is 295. The van der Waals surface area contributed by atoms with Crippen molar-refractivity contribution in [1.29, 1.82) is 0 Å². The molecule has 15 heavy (non-hydrogen) atoms. The van der Waals surface area contributed by atoms with Crippen molar-refractivity contribution in [2.45, 2.75) is 19.4 Å². The van der Waals surface area contributed by atoms with Crippen LogP contribution in [0.3, 0.4) is 0 Å². The van der Waals surface area contributed by atoms with Gasteiger partial charge in [0.25, 0.3) is 0 Å². The van der Waals surface area contributed by atoms with Crippen molar-refractivity contribution in [2.75, 3.05) is 13.2 Å². The van der Waals surface area contributed by atoms with Crippen LogP contribution < -0.4 is 5.32 Å². The van der Waals surface area contributed by atoms with Gasteiger partial charge in [-0.05, 0) is 12.0 Å². The molecule has 0 heterocycles. The molecule has 0 saturated heterocycles. The number of nitrogens with one attached hydrogen (secondary N) is 1. The minimum Gasteiger partial charge on any atom is -0.394 e. The highest BCUT2D eigenvalue weighted by Gasteiger charge is 2.08. The molecule has 1 aromatic rings. The van der Waals surface area contributed by atoms with Crippen LogP contribution in [0.25, 0.3) is 0 Å². The van der Waals surface area contributed by atoms with Crippen LogP contribution in [-0.2, 0) is 0 Å². The van der Waals surface area contributed by atoms with E-state index in [1.165, 1.54) is 0 Å². The Morgan fingerprint density at radius 2 is 2.07 bits per heavy atom. The molecular formula is C13H19NO. The molecule has 1 unspecified atom stereocenters. The second-order valence-electron chi connectivity index (χ2n) is 3.63. The van der Waals surface area contributed by atoms with Crippen molar-refractivity contribution < 1.29 is 5.11 Å². The summed E-state index contributed by atoms with van der Waals surface area (Å²) in [5.41, 5.74) is 2.27. The van der Waals surface area contributed by atoms with Crippen LogP contribution in [0.1, 0.15) is 24.9 Å². The summed E-state index contributed by atoms with van der Waals surface area (Å²) in [6.45, 7) is 6.89. The van der Waals surface area contributed by atoms with E-state index < -0.39 is 0 Å². The minimum absolute atomic E-state index is 0.00880. The molecule has 1 atom stereocenters. The van der Waals surface area contributed by atoms with Crippen molar-refractivity contribution in [3.05, 3.63) is 48.0 Å². The fourth-order valence-electron chi connectivity index (χ4n) is 1.37. The first kappa shape index (κ1) is 12.0. The quantitative estimate of drug-likeness (QED) is 0.698. The first-order valence-electron chi connectivity index (χ1n) is 5.33. The van der Waals surface area contributed by atoms with E-state index in [0.717, 1.165) is 24.1 Å². The fraction of sp³-hybridized carbons (Fsp3) is 0.385. The maximum absolute atomic E-state index is 9.27. The van der Waals surface area contributed by atoms with Gasteiger partial charge in [-0.15, -0.1) is 0 Å². The average molecular weight is 205 g/mol. The van der Waals surface area contributed by atoms with Crippen molar-refractivity contribution in [2.24, 2.45) is 0 Å². The molecule has 2 nitrogen and oxygen atoms in total. The van der Waals surface area contributed by atoms with Crippen molar-refractivity contribution >= 4 is 0 Å². The minimum atomic E-state index is 0.00880. The predicted octanol–water partition coefficient (Wildman–Crippen LogP) is 2.28. The van der Waals surface area contributed by atoms with Gasteiger partial charge in [-0.2, -0.15) is 0 Å². The van der Waals surface area contributed by atoms with Gasteiger partial charge < -0.3 is 10.4 Å². The molecule has 1 aromatic carbocycles. The van der Waals surface area contributed by atoms with Crippen LogP contribution in [0.15, 0.2) is 42.5 Å². The Morgan fingerprint density at radius 3 is 2.60 bits per heavy atom. The molecule has 0 aliphatic heterocycles. The van der Waals surface area contributed by atoms with Gasteiger partial charge in [-0.3, -0.25) is 0 Å². The average Bonchev–Trinajstić information content (AvgIpc) is 2.31. The zero-order valence-electron chi connectivity index (χ0n) is 9.24. The van der Waals surface area contributed by atoms with Crippen LogP contribution in [0.5, 0.6) is 0 Å². The molecule has 2 N–H and O–H groups in total. The summed E-state index contributed by atoms with van der Waals surface area (Å²) < 4.78 is 0. The van der Waals surface area contributed by atoms with Gasteiger partial charge in [0.15, 0.2) is 0 Å². The lowest BCUT2D eigenvalue weighted by Gasteiger charge is -2.17. The normalized spacial score (nSPS) is 12.4. The summed E-state index contributed by atoms with van der Waals surface area (Å²) >= 11 is 0. The lowest BCUT2D eigenvalue weighted by Crippen LogP contribution is -2.26. The van der Waals surface area contributed by atoms with E-state index in [1.54, 1.807) is 0 Å². The van der Waals surface area contributed by atoms with Crippen LogP contribution >= 0.6 is 0 Å². The van der Waals surface area contributed by atoms with E-state index >= 15 is 0 Å². The first-order valence-corrected chi connectivity index (χ1v) is 5.33. The zero-order chi connectivity index (χ0) is 11.1. The fourth-order valence-corrected chi connectivity index (χ4v) is 1.37. The zero-order valence-corrected chi connectivity index (χ0v) is 9.24. The summed E-state index contributed by atoms with van der Waals surface area (Å²) in [4.78, 5) is 0. The van der Waals surface area contributed by atoms with Crippen LogP contribution in [-0.4, -0.2) is 18.3 Å². The number of rotatable bonds is 6. The topological polar surface area (TPSA) is 32.3 Å². The largest absolute Gasteiger partial charge is 0.394 e. The van der Waals surface area contributed by atoms with Crippen molar-refractivity contribution in [3.63, 3.8) is 0 Å². The molecule has 0 bridgehead atoms. The molecule has 0 aliphatic rings. The summed E-state index contributed by atoms with van der Waals surface area (Å²) in [6.07, 6.45) is 0.972. The van der Waals surface area contributed by atoms with Gasteiger partial charge in [0.05, 0.1) is 12.6 Å². The SMILES string of the molecule is C=C(CC)CNC(CO)c1ccccc1. The third kappa shape index (κ3) is 3.86. The second-order valence-corrected chi connectivity index (χ2v) is 3.63. The number of hydrogen-bond donors (Lipinski definition) is 2. The molecule has 0 saturated carbocycles. The maximum atomic E-state index is 9.27. The molecule has 0 radical (unpaired) electrons. The monoisotopic (exact) mass is 205 g/mol. The summed E-state index contributed by atoms with van der Waals surface area (Å²) in [5, 5.41) is 12.6. The van der Waals surface area contributed by atoms with E-state index in [2.05, 4.69) is 18.8 Å². The summed E-state index contributed by atoms with van der Waals surface area (Å²) in [7, 11) is 0. The first-order chi connectivity index (χ1) is 7.27. The van der Waals surface area contributed by atoms with Gasteiger partial charge in [0.1, 0.15) is 0 Å². The summed E-state index contributed by atoms with van der Waals surface area (Å²) in [6, 6.07) is 9.98. The molecule has 0 aromatic heterocycles. The Kier molecular flexibility index (Phi) is 5.08. The molecule has 82 valence electrons. The van der Waals surface area contributed by atoms with E-state index in [4.69, 9.17) is 0 Å². The molecule has 2 heteroatoms. The smallest absolute Gasteiger partial charge is 0.0626 e. The lowest BCUT2D eigenvalue weighted by molar-refractivity contribution is 0.247. The number of aliphatic hydroxyl groups is 1. The Morgan fingerprint density at radius 1 is 1.40 bits per heavy atom. The molecule has 0 aliphatic carbocycles. The van der Waals surface area contributed by atoms with Crippen LogP contribution in [0.4, 0.5) is 0 Å². The molecule has 0 fully saturated rings. The maximum Gasteiger partial charge on any atom is 0.0626 e. The standard InChI is InChI=1S/C13H19NO/c1-3-11(2)9-14-13(10-15)12-7-5-4-6-8-12/h4-8,13-15H,2-3,9-10H2,1H3. The lowest BCUT2D eigenvalue weighted by atomic mass is 10.1. The molecule has 1 rings (SSSR count). The van der Waals surface area contributed by atoms with Gasteiger partial charge >= 0.3 is 0 Å². The van der Waals surface area contributed by atoms with E-state index in [1.807, 2.05) is 30.3 Å². The molecular weight excluding hydrogens is 186 g/mol. The van der Waals surface area contributed by atoms with Gasteiger partial charge in [0.2, 0.25) is 0 Å². The Balaban J connectivity index is 2.53. The predicted molar refractivity (Wildman–Crippen MR) is 63.7 cm³/mol. The second kappa shape index (κ2) is 6.38. The highest BCUT2D eigenvalue weighted by molar-refractivity contribution is 5.19. The van der Waals surface area contributed by atoms with Crippen molar-refractivity contribution in [3.8, 4) is 0 Å². The third-order valence-electron chi connectivity index (χ3n) is 2.48. The highest BCUT2D eigenvalue weighted by atomic mass is 16.3. The Labute approximate surface area is 91.6 Å².